The largest absolute Gasteiger partial charge is 0.462 e. The summed E-state index contributed by atoms with van der Waals surface area (Å²) in [7, 11) is 0. The highest BCUT2D eigenvalue weighted by atomic mass is 16.6. The fraction of sp³-hybridized carbons (Fsp3) is 0.632. The summed E-state index contributed by atoms with van der Waals surface area (Å²) in [6.45, 7) is 6.37. The van der Waals surface area contributed by atoms with Crippen LogP contribution in [0, 0.1) is 0 Å². The van der Waals surface area contributed by atoms with Gasteiger partial charge in [-0.1, -0.05) is 175 Å². The van der Waals surface area contributed by atoms with Crippen molar-refractivity contribution in [1.82, 2.24) is 0 Å². The molecule has 0 radical (unpaired) electrons. The van der Waals surface area contributed by atoms with E-state index in [-0.39, 0.29) is 37.5 Å². The molecule has 0 aromatic rings. The fourth-order valence-corrected chi connectivity index (χ4v) is 6.41. The Hall–Kier alpha value is -3.93. The number of hydrogen-bond acceptors (Lipinski definition) is 6. The molecule has 0 fully saturated rings. The minimum Gasteiger partial charge on any atom is -0.462 e. The summed E-state index contributed by atoms with van der Waals surface area (Å²) >= 11 is 0. The lowest BCUT2D eigenvalue weighted by atomic mass is 10.1. The molecule has 6 heteroatoms. The number of ether oxygens (including phenoxy) is 3. The Labute approximate surface area is 387 Å². The fourth-order valence-electron chi connectivity index (χ4n) is 6.41. The summed E-state index contributed by atoms with van der Waals surface area (Å²) in [6.07, 6.45) is 67.8. The first-order valence-electron chi connectivity index (χ1n) is 25.4. The lowest BCUT2D eigenvalue weighted by Gasteiger charge is -2.18. The Bertz CT molecular complexity index is 1330. The molecule has 6 nitrogen and oxygen atoms in total. The summed E-state index contributed by atoms with van der Waals surface area (Å²) in [5.41, 5.74) is 0. The lowest BCUT2D eigenvalue weighted by molar-refractivity contribution is -0.167. The lowest BCUT2D eigenvalue weighted by Crippen LogP contribution is -2.30. The first-order valence-corrected chi connectivity index (χ1v) is 25.4. The van der Waals surface area contributed by atoms with Crippen LogP contribution < -0.4 is 0 Å². The first-order chi connectivity index (χ1) is 31.0. The minimum absolute atomic E-state index is 0.117. The van der Waals surface area contributed by atoms with Crippen molar-refractivity contribution < 1.29 is 28.6 Å². The normalized spacial score (nSPS) is 13.0. The van der Waals surface area contributed by atoms with Gasteiger partial charge in [0.1, 0.15) is 13.2 Å². The molecular formula is C57H92O6. The summed E-state index contributed by atoms with van der Waals surface area (Å²) < 4.78 is 16.7. The molecule has 63 heavy (non-hydrogen) atoms. The van der Waals surface area contributed by atoms with Gasteiger partial charge in [-0.15, -0.1) is 0 Å². The molecule has 0 spiro atoms. The van der Waals surface area contributed by atoms with Gasteiger partial charge in [0.25, 0.3) is 0 Å². The quantitative estimate of drug-likeness (QED) is 0.0263. The molecule has 0 heterocycles. The van der Waals surface area contributed by atoms with Crippen molar-refractivity contribution in [1.29, 1.82) is 0 Å². The van der Waals surface area contributed by atoms with Crippen molar-refractivity contribution in [3.05, 3.63) is 109 Å². The van der Waals surface area contributed by atoms with Crippen molar-refractivity contribution in [3.63, 3.8) is 0 Å². The van der Waals surface area contributed by atoms with Gasteiger partial charge in [-0.2, -0.15) is 0 Å². The van der Waals surface area contributed by atoms with Crippen molar-refractivity contribution in [2.75, 3.05) is 13.2 Å². The van der Waals surface area contributed by atoms with E-state index in [1.165, 1.54) is 51.4 Å². The van der Waals surface area contributed by atoms with E-state index in [2.05, 4.69) is 130 Å². The topological polar surface area (TPSA) is 78.9 Å². The highest BCUT2D eigenvalue weighted by molar-refractivity contribution is 5.71. The van der Waals surface area contributed by atoms with Crippen molar-refractivity contribution >= 4 is 17.9 Å². The van der Waals surface area contributed by atoms with Crippen LogP contribution in [0.2, 0.25) is 0 Å². The number of allylic oxidation sites excluding steroid dienone is 18. The zero-order chi connectivity index (χ0) is 45.8. The third-order valence-corrected chi connectivity index (χ3v) is 10.2. The molecule has 1 atom stereocenters. The van der Waals surface area contributed by atoms with Crippen LogP contribution in [-0.2, 0) is 28.6 Å². The number of esters is 3. The SMILES string of the molecule is CC/C=C\C/C=C\C/C=C\CCCCCCCC(=O)OC[C@@H](COC(=O)CCCC/C=C\C/C=C\C/C=C\CCCCC)OC(=O)CCCC/C=C\C/C=C\C/C=C\CCCCC. The Morgan fingerprint density at radius 3 is 1.00 bits per heavy atom. The standard InChI is InChI=1S/C57H92O6/c1-4-7-10-13-16-19-22-25-28-31-34-37-40-43-46-49-55(58)61-52-54(63-57(60)51-48-45-42-39-36-33-30-27-24-21-18-15-12-9-6-3)53-62-56(59)50-47-44-41-38-35-32-29-26-23-20-17-14-11-8-5-2/h7,10,16-21,25-30,35-36,38-39,54H,4-6,8-9,11-15,22-24,31-34,37,40-53H2,1-3H3/b10-7-,19-16-,20-17-,21-18-,28-25-,29-26-,30-27-,38-35-,39-36-/t54-/m0/s1. The molecule has 0 unspecified atom stereocenters. The molecule has 356 valence electrons. The predicted molar refractivity (Wildman–Crippen MR) is 270 cm³/mol. The third kappa shape index (κ3) is 49.0. The van der Waals surface area contributed by atoms with Gasteiger partial charge in [-0.25, -0.2) is 0 Å². The molecule has 0 aromatic heterocycles. The average Bonchev–Trinajstić information content (AvgIpc) is 3.28. The van der Waals surface area contributed by atoms with Crippen LogP contribution in [0.3, 0.4) is 0 Å². The second-order valence-electron chi connectivity index (χ2n) is 16.3. The van der Waals surface area contributed by atoms with Gasteiger partial charge in [-0.3, -0.25) is 14.4 Å². The van der Waals surface area contributed by atoms with Crippen LogP contribution >= 0.6 is 0 Å². The predicted octanol–water partition coefficient (Wildman–Crippen LogP) is 16.8. The van der Waals surface area contributed by atoms with Crippen molar-refractivity contribution in [3.8, 4) is 0 Å². The van der Waals surface area contributed by atoms with Crippen molar-refractivity contribution in [2.24, 2.45) is 0 Å². The van der Waals surface area contributed by atoms with Gasteiger partial charge in [0.15, 0.2) is 6.10 Å². The van der Waals surface area contributed by atoms with E-state index in [1.807, 2.05) is 0 Å². The van der Waals surface area contributed by atoms with Crippen LogP contribution in [0.4, 0.5) is 0 Å². The highest BCUT2D eigenvalue weighted by Gasteiger charge is 2.19. The van der Waals surface area contributed by atoms with Gasteiger partial charge in [-0.05, 0) is 128 Å². The van der Waals surface area contributed by atoms with E-state index >= 15 is 0 Å². The van der Waals surface area contributed by atoms with Gasteiger partial charge in [0, 0.05) is 19.3 Å². The molecule has 0 aromatic carbocycles. The summed E-state index contributed by atoms with van der Waals surface area (Å²) in [4.78, 5) is 37.9. The molecule has 0 saturated carbocycles. The number of hydrogen-bond donors (Lipinski definition) is 0. The Balaban J connectivity index is 4.56. The van der Waals surface area contributed by atoms with Crippen molar-refractivity contribution in [2.45, 2.75) is 219 Å². The second-order valence-corrected chi connectivity index (χ2v) is 16.3. The Morgan fingerprint density at radius 2 is 0.619 bits per heavy atom. The number of carbonyl (C=O) groups excluding carboxylic acids is 3. The summed E-state index contributed by atoms with van der Waals surface area (Å²) in [5, 5.41) is 0. The maximum Gasteiger partial charge on any atom is 0.306 e. The summed E-state index contributed by atoms with van der Waals surface area (Å²) in [5.74, 6) is -1.02. The monoisotopic (exact) mass is 873 g/mol. The maximum absolute atomic E-state index is 12.8. The van der Waals surface area contributed by atoms with E-state index in [4.69, 9.17) is 14.2 Å². The average molecular weight is 873 g/mol. The second kappa shape index (κ2) is 50.7. The molecule has 0 bridgehead atoms. The van der Waals surface area contributed by atoms with Crippen LogP contribution in [-0.4, -0.2) is 37.2 Å². The van der Waals surface area contributed by atoms with Gasteiger partial charge in [0.2, 0.25) is 0 Å². The Morgan fingerprint density at radius 1 is 0.333 bits per heavy atom. The van der Waals surface area contributed by atoms with Gasteiger partial charge in [0.05, 0.1) is 0 Å². The molecule has 0 aliphatic rings. The van der Waals surface area contributed by atoms with E-state index in [0.29, 0.717) is 25.7 Å². The van der Waals surface area contributed by atoms with E-state index in [1.54, 1.807) is 0 Å². The molecule has 0 aliphatic carbocycles. The number of carbonyl (C=O) groups is 3. The molecule has 0 saturated heterocycles. The Kier molecular flexibility index (Phi) is 47.5. The maximum atomic E-state index is 12.8. The third-order valence-electron chi connectivity index (χ3n) is 10.2. The van der Waals surface area contributed by atoms with Gasteiger partial charge < -0.3 is 14.2 Å². The van der Waals surface area contributed by atoms with Crippen LogP contribution in [0.25, 0.3) is 0 Å². The molecule has 0 N–H and O–H groups in total. The zero-order valence-electron chi connectivity index (χ0n) is 40.5. The van der Waals surface area contributed by atoms with Crippen LogP contribution in [0.5, 0.6) is 0 Å². The highest BCUT2D eigenvalue weighted by Crippen LogP contribution is 2.11. The van der Waals surface area contributed by atoms with E-state index < -0.39 is 6.10 Å². The van der Waals surface area contributed by atoms with Crippen LogP contribution in [0.15, 0.2) is 109 Å². The number of rotatable bonds is 44. The molecular weight excluding hydrogens is 781 g/mol. The van der Waals surface area contributed by atoms with E-state index in [9.17, 15) is 14.4 Å². The smallest absolute Gasteiger partial charge is 0.306 e. The zero-order valence-corrected chi connectivity index (χ0v) is 40.5. The number of unbranched alkanes of at least 4 members (excludes halogenated alkanes) is 15. The molecule has 0 rings (SSSR count). The van der Waals surface area contributed by atoms with Gasteiger partial charge >= 0.3 is 17.9 Å². The first kappa shape index (κ1) is 59.1. The van der Waals surface area contributed by atoms with Crippen LogP contribution in [0.1, 0.15) is 213 Å². The molecule has 0 amide bonds. The van der Waals surface area contributed by atoms with E-state index in [0.717, 1.165) is 109 Å². The minimum atomic E-state index is -0.822. The molecule has 0 aliphatic heterocycles. The summed E-state index contributed by atoms with van der Waals surface area (Å²) in [6, 6.07) is 0.